The number of aryl methyl sites for hydroxylation is 1. The lowest BCUT2D eigenvalue weighted by atomic mass is 9.98. The van der Waals surface area contributed by atoms with Crippen LogP contribution in [0.15, 0.2) is 0 Å². The highest BCUT2D eigenvalue weighted by molar-refractivity contribution is 5.92. The number of hydrogen-bond acceptors (Lipinski definition) is 5. The fourth-order valence-corrected chi connectivity index (χ4v) is 1.50. The quantitative estimate of drug-likeness (QED) is 0.648. The minimum absolute atomic E-state index is 0.0123. The Morgan fingerprint density at radius 3 is 3.00 bits per heavy atom. The molecule has 2 rings (SSSR count). The predicted octanol–water partition coefficient (Wildman–Crippen LogP) is -1.33. The Labute approximate surface area is 91.4 Å². The van der Waals surface area contributed by atoms with Gasteiger partial charge in [0.25, 0.3) is 5.95 Å². The fraction of sp³-hybridized carbons (Fsp3) is 0.625. The van der Waals surface area contributed by atoms with E-state index in [9.17, 15) is 9.59 Å². The molecule has 0 radical (unpaired) electrons. The number of anilines is 1. The van der Waals surface area contributed by atoms with E-state index in [1.165, 1.54) is 4.80 Å². The maximum Gasteiger partial charge on any atom is 0.270 e. The number of rotatable bonds is 2. The van der Waals surface area contributed by atoms with Crippen LogP contribution in [0.3, 0.4) is 0 Å². The molecule has 0 spiro atoms. The van der Waals surface area contributed by atoms with Crippen molar-refractivity contribution in [1.29, 1.82) is 0 Å². The maximum atomic E-state index is 11.7. The number of amides is 2. The Hall–Kier alpha value is -1.99. The van der Waals surface area contributed by atoms with E-state index < -0.39 is 0 Å². The number of piperidine rings is 1. The molecule has 1 atom stereocenters. The van der Waals surface area contributed by atoms with Gasteiger partial charge in [0.2, 0.25) is 11.8 Å². The molecule has 8 heteroatoms. The highest BCUT2D eigenvalue weighted by atomic mass is 16.2. The molecule has 0 aliphatic carbocycles. The molecule has 1 fully saturated rings. The topological polar surface area (TPSA) is 102 Å². The Balaban J connectivity index is 1.91. The van der Waals surface area contributed by atoms with Crippen LogP contribution in [0.2, 0.25) is 0 Å². The van der Waals surface area contributed by atoms with Gasteiger partial charge in [-0.15, -0.1) is 5.10 Å². The standard InChI is InChI=1S/C8H12N6O2/c1-14-12-8(11-13-14)10-7(16)5-2-3-6(15)9-4-5/h5H,2-4H2,1H3,(H,9,15)(H,10,12,16). The number of carbonyl (C=O) groups excluding carboxylic acids is 2. The monoisotopic (exact) mass is 224 g/mol. The normalized spacial score (nSPS) is 20.3. The van der Waals surface area contributed by atoms with Crippen LogP contribution in [0, 0.1) is 5.92 Å². The van der Waals surface area contributed by atoms with E-state index in [1.807, 2.05) is 0 Å². The number of carbonyl (C=O) groups is 2. The third-order valence-corrected chi connectivity index (χ3v) is 2.38. The Kier molecular flexibility index (Phi) is 2.80. The molecule has 1 aliphatic rings. The van der Waals surface area contributed by atoms with Gasteiger partial charge in [-0.3, -0.25) is 14.9 Å². The second-order valence-electron chi connectivity index (χ2n) is 3.63. The van der Waals surface area contributed by atoms with Crippen LogP contribution >= 0.6 is 0 Å². The van der Waals surface area contributed by atoms with E-state index in [2.05, 4.69) is 26.0 Å². The zero-order valence-corrected chi connectivity index (χ0v) is 8.80. The van der Waals surface area contributed by atoms with E-state index >= 15 is 0 Å². The van der Waals surface area contributed by atoms with Gasteiger partial charge in [-0.25, -0.2) is 0 Å². The zero-order chi connectivity index (χ0) is 11.5. The van der Waals surface area contributed by atoms with Crippen LogP contribution in [-0.2, 0) is 16.6 Å². The molecule has 0 saturated carbocycles. The van der Waals surface area contributed by atoms with Gasteiger partial charge in [0.05, 0.1) is 13.0 Å². The molecule has 1 aromatic heterocycles. The molecule has 1 unspecified atom stereocenters. The predicted molar refractivity (Wildman–Crippen MR) is 53.2 cm³/mol. The van der Waals surface area contributed by atoms with Gasteiger partial charge in [0.1, 0.15) is 0 Å². The van der Waals surface area contributed by atoms with E-state index in [0.29, 0.717) is 19.4 Å². The summed E-state index contributed by atoms with van der Waals surface area (Å²) >= 11 is 0. The summed E-state index contributed by atoms with van der Waals surface area (Å²) in [6.07, 6.45) is 0.934. The molecule has 1 saturated heterocycles. The van der Waals surface area contributed by atoms with Crippen molar-refractivity contribution >= 4 is 17.8 Å². The number of nitrogens with one attached hydrogen (secondary N) is 2. The summed E-state index contributed by atoms with van der Waals surface area (Å²) in [7, 11) is 1.61. The van der Waals surface area contributed by atoms with E-state index in [4.69, 9.17) is 0 Å². The summed E-state index contributed by atoms with van der Waals surface area (Å²) in [5.74, 6) is -0.236. The summed E-state index contributed by atoms with van der Waals surface area (Å²) in [5.41, 5.74) is 0. The Morgan fingerprint density at radius 1 is 1.62 bits per heavy atom. The molecule has 1 aromatic rings. The first kappa shape index (κ1) is 10.5. The summed E-state index contributed by atoms with van der Waals surface area (Å²) in [4.78, 5) is 23.9. The van der Waals surface area contributed by atoms with Crippen molar-refractivity contribution in [3.8, 4) is 0 Å². The first-order chi connectivity index (χ1) is 7.65. The van der Waals surface area contributed by atoms with Crippen LogP contribution in [0.1, 0.15) is 12.8 Å². The van der Waals surface area contributed by atoms with E-state index in [-0.39, 0.29) is 23.7 Å². The largest absolute Gasteiger partial charge is 0.355 e. The average molecular weight is 224 g/mol. The minimum atomic E-state index is -0.221. The van der Waals surface area contributed by atoms with Crippen molar-refractivity contribution in [2.75, 3.05) is 11.9 Å². The SMILES string of the molecule is Cn1nnc(NC(=O)C2CCC(=O)NC2)n1. The highest BCUT2D eigenvalue weighted by Crippen LogP contribution is 2.12. The van der Waals surface area contributed by atoms with Gasteiger partial charge in [-0.2, -0.15) is 4.80 Å². The molecule has 8 nitrogen and oxygen atoms in total. The Morgan fingerprint density at radius 2 is 2.44 bits per heavy atom. The van der Waals surface area contributed by atoms with Crippen molar-refractivity contribution in [3.63, 3.8) is 0 Å². The number of aromatic nitrogens is 4. The molecular formula is C8H12N6O2. The van der Waals surface area contributed by atoms with Crippen LogP contribution in [0.4, 0.5) is 5.95 Å². The lowest BCUT2D eigenvalue weighted by molar-refractivity contribution is -0.126. The molecule has 1 aliphatic heterocycles. The van der Waals surface area contributed by atoms with Crippen LogP contribution < -0.4 is 10.6 Å². The zero-order valence-electron chi connectivity index (χ0n) is 8.80. The van der Waals surface area contributed by atoms with Crippen molar-refractivity contribution in [2.45, 2.75) is 12.8 Å². The molecule has 0 bridgehead atoms. The molecule has 2 heterocycles. The van der Waals surface area contributed by atoms with E-state index in [1.54, 1.807) is 7.05 Å². The third kappa shape index (κ3) is 2.33. The summed E-state index contributed by atoms with van der Waals surface area (Å²) in [6, 6.07) is 0. The van der Waals surface area contributed by atoms with Crippen LogP contribution in [0.25, 0.3) is 0 Å². The second-order valence-corrected chi connectivity index (χ2v) is 3.63. The molecule has 2 amide bonds. The molecule has 16 heavy (non-hydrogen) atoms. The molecule has 0 aromatic carbocycles. The minimum Gasteiger partial charge on any atom is -0.355 e. The number of tetrazole rings is 1. The van der Waals surface area contributed by atoms with Crippen molar-refractivity contribution in [2.24, 2.45) is 13.0 Å². The van der Waals surface area contributed by atoms with Crippen molar-refractivity contribution < 1.29 is 9.59 Å². The lowest BCUT2D eigenvalue weighted by Gasteiger charge is -2.20. The molecule has 2 N–H and O–H groups in total. The van der Waals surface area contributed by atoms with E-state index in [0.717, 1.165) is 0 Å². The van der Waals surface area contributed by atoms with Gasteiger partial charge in [0.15, 0.2) is 0 Å². The number of nitrogens with zero attached hydrogens (tertiary/aromatic N) is 4. The van der Waals surface area contributed by atoms with Crippen LogP contribution in [0.5, 0.6) is 0 Å². The first-order valence-corrected chi connectivity index (χ1v) is 4.96. The summed E-state index contributed by atoms with van der Waals surface area (Å²) < 4.78 is 0. The third-order valence-electron chi connectivity index (χ3n) is 2.38. The van der Waals surface area contributed by atoms with Gasteiger partial charge in [-0.05, 0) is 11.6 Å². The van der Waals surface area contributed by atoms with Gasteiger partial charge < -0.3 is 5.32 Å². The Bertz CT molecular complexity index is 404. The van der Waals surface area contributed by atoms with Gasteiger partial charge in [-0.1, -0.05) is 5.10 Å². The van der Waals surface area contributed by atoms with Gasteiger partial charge >= 0.3 is 0 Å². The fourth-order valence-electron chi connectivity index (χ4n) is 1.50. The summed E-state index contributed by atoms with van der Waals surface area (Å²) in [5, 5.41) is 16.3. The van der Waals surface area contributed by atoms with Crippen molar-refractivity contribution in [3.05, 3.63) is 0 Å². The van der Waals surface area contributed by atoms with Gasteiger partial charge in [0, 0.05) is 13.0 Å². The number of hydrogen-bond donors (Lipinski definition) is 2. The second kappa shape index (κ2) is 4.25. The van der Waals surface area contributed by atoms with Crippen LogP contribution in [-0.4, -0.2) is 38.6 Å². The van der Waals surface area contributed by atoms with Crippen molar-refractivity contribution in [1.82, 2.24) is 25.5 Å². The highest BCUT2D eigenvalue weighted by Gasteiger charge is 2.25. The molecular weight excluding hydrogens is 212 g/mol. The summed E-state index contributed by atoms with van der Waals surface area (Å²) in [6.45, 7) is 0.366. The smallest absolute Gasteiger partial charge is 0.270 e. The lowest BCUT2D eigenvalue weighted by Crippen LogP contribution is -2.40. The molecule has 86 valence electrons. The maximum absolute atomic E-state index is 11.7. The first-order valence-electron chi connectivity index (χ1n) is 4.96. The average Bonchev–Trinajstić information content (AvgIpc) is 2.65.